The Labute approximate surface area is 92.4 Å². The van der Waals surface area contributed by atoms with Gasteiger partial charge >= 0.3 is 5.97 Å². The van der Waals surface area contributed by atoms with E-state index in [0.29, 0.717) is 5.75 Å². The van der Waals surface area contributed by atoms with Crippen molar-refractivity contribution in [2.45, 2.75) is 20.8 Å². The lowest BCUT2D eigenvalue weighted by molar-refractivity contribution is -0.137. The van der Waals surface area contributed by atoms with Gasteiger partial charge in [0, 0.05) is 0 Å². The Balaban J connectivity index is 2.82. The van der Waals surface area contributed by atoms with Crippen LogP contribution in [0.25, 0.3) is 0 Å². The van der Waals surface area contributed by atoms with Gasteiger partial charge in [-0.25, -0.2) is 0 Å². The summed E-state index contributed by atoms with van der Waals surface area (Å²) in [6.45, 7) is 5.60. The van der Waals surface area contributed by atoms with E-state index < -0.39 is 0 Å². The Kier molecular flexibility index (Phi) is 3.69. The molecule has 0 bridgehead atoms. The maximum absolute atomic E-state index is 11.3. The zero-order valence-electron chi connectivity index (χ0n) is 8.50. The second kappa shape index (κ2) is 4.60. The summed E-state index contributed by atoms with van der Waals surface area (Å²) >= 11 is 3.35. The van der Waals surface area contributed by atoms with Crippen LogP contribution in [-0.4, -0.2) is 5.97 Å². The zero-order valence-corrected chi connectivity index (χ0v) is 10.1. The summed E-state index contributed by atoms with van der Waals surface area (Å²) in [4.78, 5) is 11.3. The molecule has 14 heavy (non-hydrogen) atoms. The molecular formula is C11H13BrO2. The molecular weight excluding hydrogens is 244 g/mol. The molecule has 3 heteroatoms. The summed E-state index contributed by atoms with van der Waals surface area (Å²) in [5.74, 6) is 0.257. The van der Waals surface area contributed by atoms with Gasteiger partial charge in [-0.05, 0) is 40.5 Å². The summed E-state index contributed by atoms with van der Waals surface area (Å²) in [6.07, 6.45) is 0. The van der Waals surface area contributed by atoms with E-state index in [1.165, 1.54) is 0 Å². The van der Waals surface area contributed by atoms with Crippen LogP contribution in [0.2, 0.25) is 0 Å². The number of benzene rings is 1. The van der Waals surface area contributed by atoms with Gasteiger partial charge in [0.15, 0.2) is 0 Å². The van der Waals surface area contributed by atoms with Crippen molar-refractivity contribution in [2.24, 2.45) is 5.92 Å². The van der Waals surface area contributed by atoms with Crippen LogP contribution in [0.1, 0.15) is 19.4 Å². The number of hydrogen-bond donors (Lipinski definition) is 0. The van der Waals surface area contributed by atoms with Crippen LogP contribution >= 0.6 is 15.9 Å². The minimum absolute atomic E-state index is 0.108. The van der Waals surface area contributed by atoms with Crippen LogP contribution in [0.3, 0.4) is 0 Å². The lowest BCUT2D eigenvalue weighted by Gasteiger charge is -2.08. The molecule has 0 N–H and O–H groups in total. The molecule has 0 aromatic heterocycles. The molecule has 0 heterocycles. The van der Waals surface area contributed by atoms with E-state index in [9.17, 15) is 4.79 Å². The third-order valence-corrected chi connectivity index (χ3v) is 2.39. The fourth-order valence-electron chi connectivity index (χ4n) is 0.915. The van der Waals surface area contributed by atoms with Crippen LogP contribution in [-0.2, 0) is 4.79 Å². The molecule has 0 fully saturated rings. The minimum Gasteiger partial charge on any atom is -0.425 e. The zero-order chi connectivity index (χ0) is 10.7. The summed E-state index contributed by atoms with van der Waals surface area (Å²) < 4.78 is 5.99. The van der Waals surface area contributed by atoms with Crippen LogP contribution < -0.4 is 4.74 Å². The first kappa shape index (κ1) is 11.2. The van der Waals surface area contributed by atoms with E-state index in [2.05, 4.69) is 15.9 Å². The van der Waals surface area contributed by atoms with Crippen molar-refractivity contribution >= 4 is 21.9 Å². The summed E-state index contributed by atoms with van der Waals surface area (Å²) in [5, 5.41) is 0. The molecule has 76 valence electrons. The highest BCUT2D eigenvalue weighted by molar-refractivity contribution is 9.10. The molecule has 0 spiro atoms. The smallest absolute Gasteiger partial charge is 0.313 e. The lowest BCUT2D eigenvalue weighted by atomic mass is 10.2. The number of carbonyl (C=O) groups excluding carboxylic acids is 1. The SMILES string of the molecule is Cc1ccc(OC(=O)C(C)C)c(Br)c1. The average Bonchev–Trinajstić information content (AvgIpc) is 2.09. The van der Waals surface area contributed by atoms with Crippen LogP contribution in [0, 0.1) is 12.8 Å². The van der Waals surface area contributed by atoms with Gasteiger partial charge in [-0.1, -0.05) is 19.9 Å². The Morgan fingerprint density at radius 1 is 1.43 bits per heavy atom. The van der Waals surface area contributed by atoms with Gasteiger partial charge in [0.1, 0.15) is 5.75 Å². The normalized spacial score (nSPS) is 10.4. The van der Waals surface area contributed by atoms with Gasteiger partial charge in [-0.3, -0.25) is 4.79 Å². The molecule has 1 aromatic rings. The molecule has 1 rings (SSSR count). The van der Waals surface area contributed by atoms with Crippen molar-refractivity contribution < 1.29 is 9.53 Å². The maximum Gasteiger partial charge on any atom is 0.313 e. The fraction of sp³-hybridized carbons (Fsp3) is 0.364. The van der Waals surface area contributed by atoms with E-state index in [1.807, 2.05) is 32.9 Å². The third kappa shape index (κ3) is 2.84. The van der Waals surface area contributed by atoms with Crippen LogP contribution in [0.5, 0.6) is 5.75 Å². The highest BCUT2D eigenvalue weighted by Gasteiger charge is 2.11. The molecule has 0 aliphatic rings. The van der Waals surface area contributed by atoms with Crippen LogP contribution in [0.15, 0.2) is 22.7 Å². The Morgan fingerprint density at radius 2 is 2.07 bits per heavy atom. The standard InChI is InChI=1S/C11H13BrO2/c1-7(2)11(13)14-10-5-4-8(3)6-9(10)12/h4-7H,1-3H3. The van der Waals surface area contributed by atoms with Crippen molar-refractivity contribution in [3.8, 4) is 5.75 Å². The monoisotopic (exact) mass is 256 g/mol. The number of ether oxygens (including phenoxy) is 1. The van der Waals surface area contributed by atoms with Gasteiger partial charge in [0.05, 0.1) is 10.4 Å². The van der Waals surface area contributed by atoms with Gasteiger partial charge in [-0.2, -0.15) is 0 Å². The predicted molar refractivity (Wildman–Crippen MR) is 59.4 cm³/mol. The largest absolute Gasteiger partial charge is 0.425 e. The second-order valence-corrected chi connectivity index (χ2v) is 4.36. The van der Waals surface area contributed by atoms with Gasteiger partial charge in [-0.15, -0.1) is 0 Å². The molecule has 0 aliphatic heterocycles. The Hall–Kier alpha value is -0.830. The average molecular weight is 257 g/mol. The number of rotatable bonds is 2. The topological polar surface area (TPSA) is 26.3 Å². The number of halogens is 1. The number of aryl methyl sites for hydroxylation is 1. The molecule has 0 amide bonds. The van der Waals surface area contributed by atoms with Gasteiger partial charge < -0.3 is 4.74 Å². The van der Waals surface area contributed by atoms with Crippen LogP contribution in [0.4, 0.5) is 0 Å². The quantitative estimate of drug-likeness (QED) is 0.600. The first-order valence-electron chi connectivity index (χ1n) is 4.48. The van der Waals surface area contributed by atoms with Crippen molar-refractivity contribution in [1.29, 1.82) is 0 Å². The summed E-state index contributed by atoms with van der Waals surface area (Å²) in [7, 11) is 0. The van der Waals surface area contributed by atoms with Crippen molar-refractivity contribution in [2.75, 3.05) is 0 Å². The fourth-order valence-corrected chi connectivity index (χ4v) is 1.49. The minimum atomic E-state index is -0.213. The van der Waals surface area contributed by atoms with Crippen molar-refractivity contribution in [3.05, 3.63) is 28.2 Å². The lowest BCUT2D eigenvalue weighted by Crippen LogP contribution is -2.14. The van der Waals surface area contributed by atoms with Crippen molar-refractivity contribution in [3.63, 3.8) is 0 Å². The maximum atomic E-state index is 11.3. The van der Waals surface area contributed by atoms with E-state index in [1.54, 1.807) is 6.07 Å². The molecule has 0 saturated carbocycles. The third-order valence-electron chi connectivity index (χ3n) is 1.77. The number of hydrogen-bond acceptors (Lipinski definition) is 2. The van der Waals surface area contributed by atoms with Gasteiger partial charge in [0.25, 0.3) is 0 Å². The molecule has 0 radical (unpaired) electrons. The second-order valence-electron chi connectivity index (χ2n) is 3.51. The Morgan fingerprint density at radius 3 is 2.57 bits per heavy atom. The van der Waals surface area contributed by atoms with E-state index >= 15 is 0 Å². The molecule has 0 unspecified atom stereocenters. The molecule has 0 aliphatic carbocycles. The molecule has 0 saturated heterocycles. The van der Waals surface area contributed by atoms with Crippen molar-refractivity contribution in [1.82, 2.24) is 0 Å². The highest BCUT2D eigenvalue weighted by Crippen LogP contribution is 2.26. The molecule has 2 nitrogen and oxygen atoms in total. The summed E-state index contributed by atoms with van der Waals surface area (Å²) in [6, 6.07) is 5.62. The van der Waals surface area contributed by atoms with E-state index in [4.69, 9.17) is 4.74 Å². The predicted octanol–water partition coefficient (Wildman–Crippen LogP) is 3.32. The molecule has 0 atom stereocenters. The number of esters is 1. The summed E-state index contributed by atoms with van der Waals surface area (Å²) in [5.41, 5.74) is 1.13. The number of carbonyl (C=O) groups is 1. The van der Waals surface area contributed by atoms with Gasteiger partial charge in [0.2, 0.25) is 0 Å². The first-order valence-corrected chi connectivity index (χ1v) is 5.28. The molecule has 1 aromatic carbocycles. The first-order chi connectivity index (χ1) is 6.50. The Bertz CT molecular complexity index is 345. The van der Waals surface area contributed by atoms with E-state index in [-0.39, 0.29) is 11.9 Å². The highest BCUT2D eigenvalue weighted by atomic mass is 79.9. The van der Waals surface area contributed by atoms with E-state index in [0.717, 1.165) is 10.0 Å².